The molecule has 1 aliphatic rings. The monoisotopic (exact) mass is 297 g/mol. The lowest BCUT2D eigenvalue weighted by molar-refractivity contribution is 0.175. The van der Waals surface area contributed by atoms with Crippen molar-refractivity contribution < 1.29 is 9.53 Å². The standard InChI is InChI=1S/C17H19N3O2/c1-3-20-15(11-18-16(20)19-17(21)22-2)14-10-6-8-12-7-4-5-9-13(12)14/h4-10,15H,3,11H2,1-2H3,(H,18,19,21). The summed E-state index contributed by atoms with van der Waals surface area (Å²) in [5.41, 5.74) is 1.23. The van der Waals surface area contributed by atoms with Crippen LogP contribution in [0.4, 0.5) is 4.79 Å². The lowest BCUT2D eigenvalue weighted by Gasteiger charge is -2.27. The SMILES string of the molecule is CCN1C(NC(=O)OC)=NCC1c1cccc2ccccc12. The van der Waals surface area contributed by atoms with E-state index in [9.17, 15) is 4.79 Å². The number of fused-ring (bicyclic) bond motifs is 1. The van der Waals surface area contributed by atoms with Crippen molar-refractivity contribution in [2.45, 2.75) is 13.0 Å². The van der Waals surface area contributed by atoms with Crippen LogP contribution in [0.25, 0.3) is 10.8 Å². The van der Waals surface area contributed by atoms with Crippen molar-refractivity contribution in [2.75, 3.05) is 20.2 Å². The van der Waals surface area contributed by atoms with Crippen molar-refractivity contribution in [3.05, 3.63) is 48.0 Å². The second kappa shape index (κ2) is 6.05. The Morgan fingerprint density at radius 1 is 1.32 bits per heavy atom. The Kier molecular flexibility index (Phi) is 3.96. The third-order valence-corrected chi connectivity index (χ3v) is 3.98. The van der Waals surface area contributed by atoms with E-state index in [4.69, 9.17) is 0 Å². The lowest BCUT2D eigenvalue weighted by atomic mass is 9.98. The van der Waals surface area contributed by atoms with Gasteiger partial charge in [-0.2, -0.15) is 0 Å². The fourth-order valence-corrected chi connectivity index (χ4v) is 2.94. The molecular weight excluding hydrogens is 278 g/mol. The third kappa shape index (κ3) is 2.50. The van der Waals surface area contributed by atoms with E-state index in [-0.39, 0.29) is 6.04 Å². The zero-order valence-corrected chi connectivity index (χ0v) is 12.7. The Labute approximate surface area is 129 Å². The number of carbonyl (C=O) groups is 1. The van der Waals surface area contributed by atoms with Crippen molar-refractivity contribution in [1.82, 2.24) is 10.2 Å². The number of nitrogens with zero attached hydrogens (tertiary/aromatic N) is 2. The van der Waals surface area contributed by atoms with Crippen LogP contribution in [0.2, 0.25) is 0 Å². The first-order chi connectivity index (χ1) is 10.7. The van der Waals surface area contributed by atoms with Gasteiger partial charge in [0, 0.05) is 6.54 Å². The van der Waals surface area contributed by atoms with Crippen LogP contribution in [-0.2, 0) is 4.74 Å². The number of methoxy groups -OCH3 is 1. The van der Waals surface area contributed by atoms with Crippen LogP contribution in [0.15, 0.2) is 47.5 Å². The third-order valence-electron chi connectivity index (χ3n) is 3.98. The van der Waals surface area contributed by atoms with Crippen LogP contribution < -0.4 is 5.32 Å². The number of alkyl carbamates (subject to hydrolysis) is 1. The van der Waals surface area contributed by atoms with Gasteiger partial charge in [0.2, 0.25) is 5.96 Å². The second-order valence-corrected chi connectivity index (χ2v) is 5.15. The van der Waals surface area contributed by atoms with E-state index in [1.54, 1.807) is 0 Å². The fourth-order valence-electron chi connectivity index (χ4n) is 2.94. The van der Waals surface area contributed by atoms with E-state index in [2.05, 4.69) is 57.2 Å². The fraction of sp³-hybridized carbons (Fsp3) is 0.294. The minimum atomic E-state index is -0.490. The molecule has 0 aliphatic carbocycles. The smallest absolute Gasteiger partial charge is 0.413 e. The van der Waals surface area contributed by atoms with Crippen LogP contribution in [0.3, 0.4) is 0 Å². The van der Waals surface area contributed by atoms with Gasteiger partial charge in [-0.15, -0.1) is 0 Å². The molecule has 0 aromatic heterocycles. The highest BCUT2D eigenvalue weighted by Gasteiger charge is 2.30. The zero-order chi connectivity index (χ0) is 15.5. The first kappa shape index (κ1) is 14.4. The van der Waals surface area contributed by atoms with Gasteiger partial charge in [-0.25, -0.2) is 4.79 Å². The molecule has 1 unspecified atom stereocenters. The number of benzene rings is 2. The molecule has 1 aliphatic heterocycles. The van der Waals surface area contributed by atoms with E-state index < -0.39 is 6.09 Å². The molecule has 0 saturated carbocycles. The van der Waals surface area contributed by atoms with E-state index in [0.717, 1.165) is 6.54 Å². The molecule has 5 nitrogen and oxygen atoms in total. The van der Waals surface area contributed by atoms with Crippen molar-refractivity contribution in [1.29, 1.82) is 0 Å². The second-order valence-electron chi connectivity index (χ2n) is 5.15. The number of likely N-dealkylation sites (N-methyl/N-ethyl adjacent to an activating group) is 1. The minimum absolute atomic E-state index is 0.128. The van der Waals surface area contributed by atoms with E-state index in [1.807, 2.05) is 12.1 Å². The van der Waals surface area contributed by atoms with E-state index in [0.29, 0.717) is 12.5 Å². The highest BCUT2D eigenvalue weighted by Crippen LogP contribution is 2.31. The van der Waals surface area contributed by atoms with Crippen LogP contribution in [0.5, 0.6) is 0 Å². The number of rotatable bonds is 2. The van der Waals surface area contributed by atoms with Crippen LogP contribution in [0, 0.1) is 0 Å². The summed E-state index contributed by atoms with van der Waals surface area (Å²) in [6.45, 7) is 3.44. The summed E-state index contributed by atoms with van der Waals surface area (Å²) in [6.07, 6.45) is -0.490. The Hall–Kier alpha value is -2.56. The molecule has 1 N–H and O–H groups in total. The average molecular weight is 297 g/mol. The van der Waals surface area contributed by atoms with Gasteiger partial charge in [0.05, 0.1) is 19.7 Å². The number of hydrogen-bond acceptors (Lipinski definition) is 4. The quantitative estimate of drug-likeness (QED) is 0.927. The summed E-state index contributed by atoms with van der Waals surface area (Å²) in [5, 5.41) is 5.13. The Bertz CT molecular complexity index is 721. The Balaban J connectivity index is 1.93. The first-order valence-corrected chi connectivity index (χ1v) is 7.38. The molecule has 0 radical (unpaired) electrons. The van der Waals surface area contributed by atoms with Crippen molar-refractivity contribution in [2.24, 2.45) is 4.99 Å². The maximum atomic E-state index is 11.4. The number of amides is 1. The normalized spacial score (nSPS) is 17.5. The zero-order valence-electron chi connectivity index (χ0n) is 12.7. The summed E-state index contributed by atoms with van der Waals surface area (Å²) < 4.78 is 4.66. The maximum Gasteiger partial charge on any atom is 0.413 e. The number of hydrogen-bond donors (Lipinski definition) is 1. The number of ether oxygens (including phenoxy) is 1. The van der Waals surface area contributed by atoms with Gasteiger partial charge in [0.1, 0.15) is 0 Å². The van der Waals surface area contributed by atoms with Gasteiger partial charge in [0.15, 0.2) is 0 Å². The molecule has 1 heterocycles. The molecule has 0 saturated heterocycles. The molecule has 0 fully saturated rings. The van der Waals surface area contributed by atoms with Gasteiger partial charge in [0.25, 0.3) is 0 Å². The molecule has 0 spiro atoms. The summed E-state index contributed by atoms with van der Waals surface area (Å²) in [7, 11) is 1.35. The number of guanidine groups is 1. The highest BCUT2D eigenvalue weighted by molar-refractivity contribution is 5.95. The summed E-state index contributed by atoms with van der Waals surface area (Å²) in [5.74, 6) is 0.576. The predicted octanol–water partition coefficient (Wildman–Crippen LogP) is 2.93. The molecule has 0 bridgehead atoms. The van der Waals surface area contributed by atoms with Crippen molar-refractivity contribution in [3.8, 4) is 0 Å². The molecular formula is C17H19N3O2. The average Bonchev–Trinajstić information content (AvgIpc) is 2.96. The number of nitrogens with one attached hydrogen (secondary N) is 1. The predicted molar refractivity (Wildman–Crippen MR) is 86.9 cm³/mol. The molecule has 22 heavy (non-hydrogen) atoms. The summed E-state index contributed by atoms with van der Waals surface area (Å²) in [6, 6.07) is 14.8. The topological polar surface area (TPSA) is 53.9 Å². The minimum Gasteiger partial charge on any atom is -0.453 e. The van der Waals surface area contributed by atoms with Crippen molar-refractivity contribution in [3.63, 3.8) is 0 Å². The molecule has 2 aromatic rings. The highest BCUT2D eigenvalue weighted by atomic mass is 16.5. The molecule has 1 amide bonds. The van der Waals surface area contributed by atoms with Gasteiger partial charge < -0.3 is 9.64 Å². The lowest BCUT2D eigenvalue weighted by Crippen LogP contribution is -2.42. The number of carbonyl (C=O) groups excluding carboxylic acids is 1. The van der Waals surface area contributed by atoms with E-state index in [1.165, 1.54) is 23.4 Å². The van der Waals surface area contributed by atoms with Gasteiger partial charge in [-0.3, -0.25) is 10.3 Å². The molecule has 114 valence electrons. The summed E-state index contributed by atoms with van der Waals surface area (Å²) in [4.78, 5) is 18.0. The van der Waals surface area contributed by atoms with Crippen molar-refractivity contribution >= 4 is 22.8 Å². The van der Waals surface area contributed by atoms with Gasteiger partial charge in [-0.05, 0) is 23.3 Å². The van der Waals surface area contributed by atoms with Crippen LogP contribution in [-0.4, -0.2) is 37.2 Å². The van der Waals surface area contributed by atoms with Crippen LogP contribution in [0.1, 0.15) is 18.5 Å². The van der Waals surface area contributed by atoms with Gasteiger partial charge >= 0.3 is 6.09 Å². The largest absolute Gasteiger partial charge is 0.453 e. The number of aliphatic imine (C=N–C) groups is 1. The summed E-state index contributed by atoms with van der Waals surface area (Å²) >= 11 is 0. The molecule has 1 atom stereocenters. The maximum absolute atomic E-state index is 11.4. The molecule has 2 aromatic carbocycles. The van der Waals surface area contributed by atoms with Gasteiger partial charge in [-0.1, -0.05) is 42.5 Å². The molecule has 3 rings (SSSR count). The Morgan fingerprint density at radius 2 is 2.09 bits per heavy atom. The van der Waals surface area contributed by atoms with E-state index >= 15 is 0 Å². The molecule has 5 heteroatoms. The Morgan fingerprint density at radius 3 is 2.86 bits per heavy atom. The van der Waals surface area contributed by atoms with Crippen LogP contribution >= 0.6 is 0 Å². The first-order valence-electron chi connectivity index (χ1n) is 7.38.